The topological polar surface area (TPSA) is 42.0 Å². The molecule has 28 heavy (non-hydrogen) atoms. The van der Waals surface area contributed by atoms with Crippen LogP contribution in [0.25, 0.3) is 6.08 Å². The monoisotopic (exact) mass is 380 g/mol. The zero-order valence-electron chi connectivity index (χ0n) is 16.4. The van der Waals surface area contributed by atoms with Gasteiger partial charge in [0.05, 0.1) is 13.7 Å². The molecule has 5 nitrogen and oxygen atoms in total. The van der Waals surface area contributed by atoms with Gasteiger partial charge in [-0.15, -0.1) is 0 Å². The zero-order chi connectivity index (χ0) is 19.6. The highest BCUT2D eigenvalue weighted by molar-refractivity contribution is 5.76. The summed E-state index contributed by atoms with van der Waals surface area (Å²) in [5.74, 6) is 1.91. The van der Waals surface area contributed by atoms with Gasteiger partial charge < -0.3 is 14.4 Å². The number of hydrogen-bond donors (Lipinski definition) is 0. The Morgan fingerprint density at radius 1 is 1.00 bits per heavy atom. The average Bonchev–Trinajstić information content (AvgIpc) is 2.91. The molecule has 5 heteroatoms. The first-order chi connectivity index (χ1) is 13.8. The van der Waals surface area contributed by atoms with E-state index in [0.29, 0.717) is 19.6 Å². The number of para-hydroxylation sites is 2. The van der Waals surface area contributed by atoms with Crippen LogP contribution in [0.5, 0.6) is 11.5 Å². The van der Waals surface area contributed by atoms with E-state index in [4.69, 9.17) is 9.47 Å². The van der Waals surface area contributed by atoms with Crippen LogP contribution in [-0.2, 0) is 4.79 Å². The van der Waals surface area contributed by atoms with Crippen molar-refractivity contribution < 1.29 is 14.3 Å². The molecule has 0 spiro atoms. The molecule has 1 fully saturated rings. The molecule has 1 aliphatic rings. The maximum Gasteiger partial charge on any atom is 0.224 e. The fourth-order valence-electron chi connectivity index (χ4n) is 3.25. The lowest BCUT2D eigenvalue weighted by Crippen LogP contribution is -2.36. The third-order valence-electron chi connectivity index (χ3n) is 4.85. The highest BCUT2D eigenvalue weighted by Crippen LogP contribution is 2.18. The summed E-state index contributed by atoms with van der Waals surface area (Å²) in [6.45, 7) is 4.35. The van der Waals surface area contributed by atoms with E-state index in [-0.39, 0.29) is 5.91 Å². The molecule has 2 aromatic rings. The van der Waals surface area contributed by atoms with E-state index in [1.54, 1.807) is 7.11 Å². The molecule has 0 atom stereocenters. The van der Waals surface area contributed by atoms with Crippen molar-refractivity contribution in [2.45, 2.75) is 6.42 Å². The summed E-state index contributed by atoms with van der Waals surface area (Å²) in [5, 5.41) is 0. The smallest absolute Gasteiger partial charge is 0.224 e. The largest absolute Gasteiger partial charge is 0.496 e. The Hall–Kier alpha value is -2.79. The number of amides is 1. The Bertz CT molecular complexity index is 776. The summed E-state index contributed by atoms with van der Waals surface area (Å²) < 4.78 is 11.1. The Kier molecular flexibility index (Phi) is 7.50. The molecule has 1 saturated heterocycles. The second kappa shape index (κ2) is 10.5. The molecule has 0 radical (unpaired) electrons. The van der Waals surface area contributed by atoms with Gasteiger partial charge in [0.15, 0.2) is 0 Å². The normalized spacial score (nSPS) is 15.6. The van der Waals surface area contributed by atoms with Crippen LogP contribution in [-0.4, -0.2) is 62.1 Å². The van der Waals surface area contributed by atoms with Gasteiger partial charge in [-0.3, -0.25) is 9.69 Å². The van der Waals surface area contributed by atoms with Crippen molar-refractivity contribution in [1.82, 2.24) is 9.80 Å². The molecular formula is C23H28N2O3. The van der Waals surface area contributed by atoms with E-state index in [9.17, 15) is 4.79 Å². The predicted molar refractivity (Wildman–Crippen MR) is 112 cm³/mol. The molecule has 0 saturated carbocycles. The second-order valence-corrected chi connectivity index (χ2v) is 6.74. The van der Waals surface area contributed by atoms with Gasteiger partial charge in [0, 0.05) is 38.2 Å². The minimum Gasteiger partial charge on any atom is -0.496 e. The Balaban J connectivity index is 1.45. The Labute approximate surface area is 167 Å². The van der Waals surface area contributed by atoms with Crippen LogP contribution in [0, 0.1) is 0 Å². The van der Waals surface area contributed by atoms with Gasteiger partial charge in [0.2, 0.25) is 5.91 Å². The Morgan fingerprint density at radius 3 is 2.61 bits per heavy atom. The van der Waals surface area contributed by atoms with E-state index in [2.05, 4.69) is 17.1 Å². The standard InChI is InChI=1S/C23H28N2O3/c1-27-22-12-6-5-8-20(22)9-7-14-24-15-13-23(26)25(17-16-24)18-19-28-21-10-3-2-4-11-21/h2-12H,13-19H2,1H3/b9-7+. The SMILES string of the molecule is COc1ccccc1/C=C/CN1CCC(=O)N(CCOc2ccccc2)CC1. The number of benzene rings is 2. The first-order valence-corrected chi connectivity index (χ1v) is 9.74. The zero-order valence-corrected chi connectivity index (χ0v) is 16.4. The van der Waals surface area contributed by atoms with Crippen molar-refractivity contribution in [3.63, 3.8) is 0 Å². The van der Waals surface area contributed by atoms with Crippen molar-refractivity contribution in [3.05, 3.63) is 66.2 Å². The maximum absolute atomic E-state index is 12.4. The van der Waals surface area contributed by atoms with E-state index < -0.39 is 0 Å². The summed E-state index contributed by atoms with van der Waals surface area (Å²) in [7, 11) is 1.68. The van der Waals surface area contributed by atoms with Crippen molar-refractivity contribution in [2.75, 3.05) is 46.4 Å². The highest BCUT2D eigenvalue weighted by Gasteiger charge is 2.20. The van der Waals surface area contributed by atoms with Gasteiger partial charge in [0.25, 0.3) is 0 Å². The number of methoxy groups -OCH3 is 1. The lowest BCUT2D eigenvalue weighted by molar-refractivity contribution is -0.130. The minimum absolute atomic E-state index is 0.202. The van der Waals surface area contributed by atoms with Gasteiger partial charge in [0.1, 0.15) is 18.1 Å². The van der Waals surface area contributed by atoms with Crippen molar-refractivity contribution in [3.8, 4) is 11.5 Å². The van der Waals surface area contributed by atoms with Gasteiger partial charge in [-0.1, -0.05) is 48.6 Å². The number of carbonyl (C=O) groups excluding carboxylic acids is 1. The first kappa shape index (κ1) is 20.0. The molecule has 3 rings (SSSR count). The van der Waals surface area contributed by atoms with Crippen LogP contribution in [0.3, 0.4) is 0 Å². The van der Waals surface area contributed by atoms with E-state index in [1.165, 1.54) is 0 Å². The second-order valence-electron chi connectivity index (χ2n) is 6.74. The molecule has 1 amide bonds. The van der Waals surface area contributed by atoms with Crippen LogP contribution in [0.2, 0.25) is 0 Å². The number of hydrogen-bond acceptors (Lipinski definition) is 4. The van der Waals surface area contributed by atoms with Crippen molar-refractivity contribution >= 4 is 12.0 Å². The van der Waals surface area contributed by atoms with Gasteiger partial charge in [-0.05, 0) is 18.2 Å². The predicted octanol–water partition coefficient (Wildman–Crippen LogP) is 3.32. The van der Waals surface area contributed by atoms with Gasteiger partial charge in [-0.2, -0.15) is 0 Å². The molecule has 0 unspecified atom stereocenters. The van der Waals surface area contributed by atoms with Crippen molar-refractivity contribution in [2.24, 2.45) is 0 Å². The van der Waals surface area contributed by atoms with Gasteiger partial charge in [-0.25, -0.2) is 0 Å². The minimum atomic E-state index is 0.202. The summed E-state index contributed by atoms with van der Waals surface area (Å²) >= 11 is 0. The third kappa shape index (κ3) is 5.86. The van der Waals surface area contributed by atoms with Gasteiger partial charge >= 0.3 is 0 Å². The number of ether oxygens (including phenoxy) is 2. The van der Waals surface area contributed by atoms with E-state index in [1.807, 2.05) is 59.5 Å². The third-order valence-corrected chi connectivity index (χ3v) is 4.85. The fraction of sp³-hybridized carbons (Fsp3) is 0.348. The van der Waals surface area contributed by atoms with E-state index in [0.717, 1.165) is 43.2 Å². The summed E-state index contributed by atoms with van der Waals surface area (Å²) in [5.41, 5.74) is 1.07. The van der Waals surface area contributed by atoms with Crippen LogP contribution < -0.4 is 9.47 Å². The number of carbonyl (C=O) groups is 1. The lowest BCUT2D eigenvalue weighted by Gasteiger charge is -2.21. The van der Waals surface area contributed by atoms with Crippen LogP contribution >= 0.6 is 0 Å². The fourth-order valence-corrected chi connectivity index (χ4v) is 3.25. The van der Waals surface area contributed by atoms with Crippen LogP contribution in [0.15, 0.2) is 60.7 Å². The molecule has 0 N–H and O–H groups in total. The van der Waals surface area contributed by atoms with Crippen LogP contribution in [0.4, 0.5) is 0 Å². The van der Waals surface area contributed by atoms with Crippen molar-refractivity contribution in [1.29, 1.82) is 0 Å². The molecule has 1 aliphatic heterocycles. The molecule has 1 heterocycles. The average molecular weight is 380 g/mol. The number of rotatable bonds is 8. The summed E-state index contributed by atoms with van der Waals surface area (Å²) in [4.78, 5) is 16.6. The summed E-state index contributed by atoms with van der Waals surface area (Å²) in [6.07, 6.45) is 4.77. The molecule has 0 aromatic heterocycles. The molecule has 148 valence electrons. The number of nitrogens with zero attached hydrogens (tertiary/aromatic N) is 2. The van der Waals surface area contributed by atoms with E-state index >= 15 is 0 Å². The Morgan fingerprint density at radius 2 is 1.79 bits per heavy atom. The molecular weight excluding hydrogens is 352 g/mol. The molecule has 0 aliphatic carbocycles. The molecule has 2 aromatic carbocycles. The lowest BCUT2D eigenvalue weighted by atomic mass is 10.2. The van der Waals surface area contributed by atoms with Crippen LogP contribution in [0.1, 0.15) is 12.0 Å². The summed E-state index contributed by atoms with van der Waals surface area (Å²) in [6, 6.07) is 17.7. The highest BCUT2D eigenvalue weighted by atomic mass is 16.5. The quantitative estimate of drug-likeness (QED) is 0.705. The first-order valence-electron chi connectivity index (χ1n) is 9.74. The molecule has 0 bridgehead atoms. The maximum atomic E-state index is 12.4.